The van der Waals surface area contributed by atoms with Crippen molar-refractivity contribution in [1.82, 2.24) is 25.3 Å². The van der Waals surface area contributed by atoms with Gasteiger partial charge in [0, 0.05) is 57.7 Å². The van der Waals surface area contributed by atoms with Crippen LogP contribution >= 0.6 is 0 Å². The van der Waals surface area contributed by atoms with Crippen molar-refractivity contribution in [2.45, 2.75) is 89.3 Å². The van der Waals surface area contributed by atoms with Crippen LogP contribution in [0.25, 0.3) is 0 Å². The van der Waals surface area contributed by atoms with E-state index < -0.39 is 24.0 Å². The second-order valence-electron chi connectivity index (χ2n) is 13.3. The number of hydrogen-bond acceptors (Lipinski definition) is 10. The number of carbonyl (C=O) groups excluding carboxylic acids is 2. The van der Waals surface area contributed by atoms with Crippen molar-refractivity contribution in [3.63, 3.8) is 0 Å². The quantitative estimate of drug-likeness (QED) is 0.178. The van der Waals surface area contributed by atoms with Gasteiger partial charge in [0.2, 0.25) is 11.7 Å². The standard InChI is InChI=1S/C37H43F3N8O4/c38-37(39,40)36-45-32(23-33(46-36)48-20-4-7-29(48)30(49)8-1-5-25-11-13-27(24-41)14-12-25)47-21-16-26(17-22-47)6-2-10-34(50)43-18-3-9-31-42-19-15-28(44-31)35(51)52/h11-15,19,23,26,29H,1-10,16-18,20-22H2,(H,43,50)(H,51,52)/t29-/m0/s1. The molecule has 2 saturated heterocycles. The Balaban J connectivity index is 1.08. The number of alkyl halides is 3. The monoisotopic (exact) mass is 720 g/mol. The van der Waals surface area contributed by atoms with E-state index in [0.717, 1.165) is 24.8 Å². The number of benzene rings is 1. The number of aromatic carboxylic acids is 1. The van der Waals surface area contributed by atoms with Gasteiger partial charge < -0.3 is 20.2 Å². The van der Waals surface area contributed by atoms with Crippen molar-refractivity contribution in [3.05, 3.63) is 71.1 Å². The first-order chi connectivity index (χ1) is 25.0. The van der Waals surface area contributed by atoms with Crippen LogP contribution in [0.5, 0.6) is 0 Å². The Kier molecular flexibility index (Phi) is 13.1. The highest BCUT2D eigenvalue weighted by atomic mass is 19.4. The number of carboxylic acid groups (broad SMARTS) is 1. The molecule has 1 aromatic carbocycles. The number of ketones is 1. The number of carbonyl (C=O) groups is 3. The Morgan fingerprint density at radius 1 is 0.923 bits per heavy atom. The Labute approximate surface area is 300 Å². The molecule has 2 aromatic heterocycles. The molecule has 0 saturated carbocycles. The van der Waals surface area contributed by atoms with Crippen molar-refractivity contribution >= 4 is 29.3 Å². The van der Waals surface area contributed by atoms with Crippen molar-refractivity contribution in [1.29, 1.82) is 5.26 Å². The maximum Gasteiger partial charge on any atom is 0.451 e. The number of halogens is 3. The zero-order valence-electron chi connectivity index (χ0n) is 28.9. The van der Waals surface area contributed by atoms with Crippen LogP contribution in [0.15, 0.2) is 42.6 Å². The summed E-state index contributed by atoms with van der Waals surface area (Å²) >= 11 is 0. The van der Waals surface area contributed by atoms with Gasteiger partial charge in [-0.15, -0.1) is 0 Å². The summed E-state index contributed by atoms with van der Waals surface area (Å²) in [6.07, 6.45) is 3.82. The second-order valence-corrected chi connectivity index (χ2v) is 13.3. The highest BCUT2D eigenvalue weighted by Gasteiger charge is 2.38. The number of Topliss-reactive ketones (excluding diaryl/α,β-unsaturated/α-hetero) is 1. The van der Waals surface area contributed by atoms with Crippen LogP contribution in [0.4, 0.5) is 24.8 Å². The summed E-state index contributed by atoms with van der Waals surface area (Å²) in [7, 11) is 0. The molecule has 0 bridgehead atoms. The second kappa shape index (κ2) is 17.9. The predicted molar refractivity (Wildman–Crippen MR) is 186 cm³/mol. The molecule has 276 valence electrons. The average molecular weight is 721 g/mol. The van der Waals surface area contributed by atoms with E-state index >= 15 is 0 Å². The number of aromatic nitrogens is 4. The molecular weight excluding hydrogens is 677 g/mol. The number of piperidine rings is 1. The third-order valence-corrected chi connectivity index (χ3v) is 9.62. The third-order valence-electron chi connectivity index (χ3n) is 9.62. The zero-order chi connectivity index (χ0) is 37.1. The molecule has 12 nitrogen and oxygen atoms in total. The predicted octanol–water partition coefficient (Wildman–Crippen LogP) is 5.55. The average Bonchev–Trinajstić information content (AvgIpc) is 3.64. The summed E-state index contributed by atoms with van der Waals surface area (Å²) in [5, 5.41) is 20.9. The van der Waals surface area contributed by atoms with E-state index in [-0.39, 0.29) is 29.0 Å². The van der Waals surface area contributed by atoms with E-state index in [1.807, 2.05) is 17.0 Å². The fourth-order valence-corrected chi connectivity index (χ4v) is 6.82. The summed E-state index contributed by atoms with van der Waals surface area (Å²) in [5.74, 6) is -1.37. The van der Waals surface area contributed by atoms with Gasteiger partial charge in [0.1, 0.15) is 17.5 Å². The maximum absolute atomic E-state index is 14.0. The molecule has 2 N–H and O–H groups in total. The molecule has 2 aliphatic rings. The van der Waals surface area contributed by atoms with E-state index in [0.29, 0.717) is 101 Å². The molecule has 1 amide bonds. The smallest absolute Gasteiger partial charge is 0.451 e. The van der Waals surface area contributed by atoms with Crippen LogP contribution in [0.2, 0.25) is 0 Å². The van der Waals surface area contributed by atoms with E-state index in [9.17, 15) is 27.6 Å². The van der Waals surface area contributed by atoms with Gasteiger partial charge in [0.15, 0.2) is 11.5 Å². The molecule has 3 aromatic rings. The molecule has 0 spiro atoms. The summed E-state index contributed by atoms with van der Waals surface area (Å²) in [5.41, 5.74) is 1.51. The summed E-state index contributed by atoms with van der Waals surface area (Å²) < 4.78 is 42.0. The minimum absolute atomic E-state index is 0.0211. The molecule has 1 atom stereocenters. The fourth-order valence-electron chi connectivity index (χ4n) is 6.82. The lowest BCUT2D eigenvalue weighted by Gasteiger charge is -2.34. The number of anilines is 2. The van der Waals surface area contributed by atoms with Crippen LogP contribution < -0.4 is 15.1 Å². The van der Waals surface area contributed by atoms with Crippen LogP contribution in [0, 0.1) is 17.2 Å². The minimum Gasteiger partial charge on any atom is -0.477 e. The van der Waals surface area contributed by atoms with E-state index in [1.54, 1.807) is 23.1 Å². The topological polar surface area (TPSA) is 165 Å². The Hall–Kier alpha value is -5.13. The van der Waals surface area contributed by atoms with Gasteiger partial charge >= 0.3 is 12.1 Å². The van der Waals surface area contributed by atoms with Crippen LogP contribution in [-0.2, 0) is 28.6 Å². The summed E-state index contributed by atoms with van der Waals surface area (Å²) in [6, 6.07) is 11.6. The number of nitrogens with one attached hydrogen (secondary N) is 1. The number of aryl methyl sites for hydroxylation is 2. The highest BCUT2D eigenvalue weighted by molar-refractivity contribution is 5.87. The Morgan fingerprint density at radius 3 is 2.38 bits per heavy atom. The summed E-state index contributed by atoms with van der Waals surface area (Å²) in [4.78, 5) is 56.1. The van der Waals surface area contributed by atoms with Crippen molar-refractivity contribution in [2.24, 2.45) is 5.92 Å². The van der Waals surface area contributed by atoms with Gasteiger partial charge in [0.05, 0.1) is 17.7 Å². The molecule has 52 heavy (non-hydrogen) atoms. The third kappa shape index (κ3) is 10.7. The van der Waals surface area contributed by atoms with Gasteiger partial charge in [0.25, 0.3) is 0 Å². The highest BCUT2D eigenvalue weighted by Crippen LogP contribution is 2.35. The largest absolute Gasteiger partial charge is 0.477 e. The molecule has 15 heteroatoms. The molecule has 5 rings (SSSR count). The zero-order valence-corrected chi connectivity index (χ0v) is 28.9. The lowest BCUT2D eigenvalue weighted by atomic mass is 9.91. The lowest BCUT2D eigenvalue weighted by molar-refractivity contribution is -0.144. The number of rotatable bonds is 16. The fraction of sp³-hybridized carbons (Fsp3) is 0.514. The number of amides is 1. The number of nitrogens with zero attached hydrogens (tertiary/aromatic N) is 7. The van der Waals surface area contributed by atoms with Gasteiger partial charge in [-0.1, -0.05) is 12.1 Å². The Morgan fingerprint density at radius 2 is 1.67 bits per heavy atom. The van der Waals surface area contributed by atoms with Crippen LogP contribution in [0.3, 0.4) is 0 Å². The molecule has 0 aliphatic carbocycles. The first-order valence-corrected chi connectivity index (χ1v) is 17.8. The van der Waals surface area contributed by atoms with Gasteiger partial charge in [-0.2, -0.15) is 18.4 Å². The number of nitriles is 1. The molecule has 0 radical (unpaired) electrons. The van der Waals surface area contributed by atoms with E-state index in [2.05, 4.69) is 31.3 Å². The van der Waals surface area contributed by atoms with Crippen molar-refractivity contribution in [2.75, 3.05) is 36.0 Å². The minimum atomic E-state index is -4.75. The first-order valence-electron chi connectivity index (χ1n) is 17.8. The summed E-state index contributed by atoms with van der Waals surface area (Å²) in [6.45, 7) is 1.90. The number of hydrogen-bond donors (Lipinski definition) is 2. The molecule has 2 fully saturated rings. The molecular formula is C37H43F3N8O4. The van der Waals surface area contributed by atoms with Crippen molar-refractivity contribution in [3.8, 4) is 6.07 Å². The maximum atomic E-state index is 14.0. The normalized spacial score (nSPS) is 16.5. The molecule has 4 heterocycles. The van der Waals surface area contributed by atoms with Gasteiger partial charge in [-0.3, -0.25) is 9.59 Å². The Bertz CT molecular complexity index is 1740. The lowest BCUT2D eigenvalue weighted by Crippen LogP contribution is -2.38. The van der Waals surface area contributed by atoms with Gasteiger partial charge in [-0.05, 0) is 87.5 Å². The van der Waals surface area contributed by atoms with Crippen LogP contribution in [-0.4, -0.2) is 74.9 Å². The van der Waals surface area contributed by atoms with Gasteiger partial charge in [-0.25, -0.2) is 24.7 Å². The van der Waals surface area contributed by atoms with E-state index in [4.69, 9.17) is 10.4 Å². The van der Waals surface area contributed by atoms with Crippen LogP contribution in [0.1, 0.15) is 97.5 Å². The molecule has 0 unspecified atom stereocenters. The van der Waals surface area contributed by atoms with E-state index in [1.165, 1.54) is 12.3 Å². The van der Waals surface area contributed by atoms with Crippen molar-refractivity contribution < 1.29 is 32.7 Å². The number of carboxylic acids is 1. The SMILES string of the molecule is N#Cc1ccc(CCCC(=O)[C@@H]2CCCN2c2cc(N3CCC(CCCC(=O)NCCCc4nccc(C(=O)O)n4)CC3)nc(C(F)(F)F)n2)cc1. The first kappa shape index (κ1) is 38.1. The molecule has 2 aliphatic heterocycles.